The van der Waals surface area contributed by atoms with Crippen molar-refractivity contribution < 1.29 is 33.4 Å². The molecule has 3 heterocycles. The summed E-state index contributed by atoms with van der Waals surface area (Å²) in [6, 6.07) is 15.5. The summed E-state index contributed by atoms with van der Waals surface area (Å²) in [7, 11) is 0. The Labute approximate surface area is 253 Å². The van der Waals surface area contributed by atoms with Gasteiger partial charge in [0.05, 0.1) is 15.1 Å². The zero-order chi connectivity index (χ0) is 30.3. The van der Waals surface area contributed by atoms with Crippen LogP contribution in [0.4, 0.5) is 19.7 Å². The summed E-state index contributed by atoms with van der Waals surface area (Å²) in [5.41, 5.74) is 1.48. The summed E-state index contributed by atoms with van der Waals surface area (Å²) >= 11 is 1.79. The Hall–Kier alpha value is -4.69. The summed E-state index contributed by atoms with van der Waals surface area (Å²) in [6.45, 7) is 1.17. The van der Waals surface area contributed by atoms with Crippen LogP contribution < -0.4 is 20.1 Å². The molecule has 1 atom stereocenters. The zero-order valence-electron chi connectivity index (χ0n) is 22.5. The van der Waals surface area contributed by atoms with Gasteiger partial charge in [-0.15, -0.1) is 11.3 Å². The predicted molar refractivity (Wildman–Crippen MR) is 161 cm³/mol. The molecule has 14 heteroatoms. The second-order valence-electron chi connectivity index (χ2n) is 9.67. The number of fused-ring (bicyclic) bond motifs is 1. The van der Waals surface area contributed by atoms with Gasteiger partial charge in [0.25, 0.3) is 5.91 Å². The van der Waals surface area contributed by atoms with Gasteiger partial charge in [-0.2, -0.15) is 0 Å². The number of nitrogens with zero attached hydrogens (tertiary/aromatic N) is 2. The van der Waals surface area contributed by atoms with Crippen LogP contribution in [0.3, 0.4) is 0 Å². The van der Waals surface area contributed by atoms with Gasteiger partial charge in [0.15, 0.2) is 11.6 Å². The molecule has 0 bridgehead atoms. The highest BCUT2D eigenvalue weighted by atomic mass is 32.2. The molecule has 5 rings (SSSR count). The number of rotatable bonds is 8. The number of likely N-dealkylation sites (tertiary alicyclic amines) is 1. The third-order valence-electron chi connectivity index (χ3n) is 6.57. The number of anilines is 1. The molecule has 4 amide bonds. The first kappa shape index (κ1) is 29.8. The second-order valence-corrected chi connectivity index (χ2v) is 11.6. The van der Waals surface area contributed by atoms with Crippen LogP contribution in [0.2, 0.25) is 0 Å². The lowest BCUT2D eigenvalue weighted by Crippen LogP contribution is -2.32. The second kappa shape index (κ2) is 13.5. The molecule has 1 fully saturated rings. The topological polar surface area (TPSA) is 150 Å². The third kappa shape index (κ3) is 7.78. The van der Waals surface area contributed by atoms with Crippen molar-refractivity contribution >= 4 is 62.3 Å². The highest BCUT2D eigenvalue weighted by Crippen LogP contribution is 2.36. The number of amides is 4. The van der Waals surface area contributed by atoms with Gasteiger partial charge in [-0.25, -0.2) is 14.0 Å². The lowest BCUT2D eigenvalue weighted by molar-refractivity contribution is -0.110. The average Bonchev–Trinajstić information content (AvgIpc) is 3.65. The standard InChI is InChI=1S/C29H26FN5O6S2/c30-20-13-19(33-28(38)34-43-25(36)12-17-4-2-1-3-5-17)6-7-22(20)41-23-8-10-31-21-14-24(42-26(21)23)27(37)32-15-18-9-11-35(16-18)29(39)40/h1-8,10,13-14,18H,9,11-12,15-16H2,(H,32,37)(H,39,40)(H2,33,34,38). The van der Waals surface area contributed by atoms with Crippen molar-refractivity contribution in [2.24, 2.45) is 5.92 Å². The number of aromatic nitrogens is 1. The highest BCUT2D eigenvalue weighted by Gasteiger charge is 2.26. The maximum Gasteiger partial charge on any atom is 0.407 e. The first-order valence-electron chi connectivity index (χ1n) is 13.2. The maximum absolute atomic E-state index is 14.9. The Bertz CT molecular complexity index is 1670. The predicted octanol–water partition coefficient (Wildman–Crippen LogP) is 5.50. The van der Waals surface area contributed by atoms with Crippen molar-refractivity contribution in [3.05, 3.63) is 83.1 Å². The summed E-state index contributed by atoms with van der Waals surface area (Å²) in [5.74, 6) is -0.819. The fourth-order valence-corrected chi connectivity index (χ4v) is 5.92. The van der Waals surface area contributed by atoms with E-state index in [1.54, 1.807) is 12.1 Å². The molecule has 4 aromatic rings. The summed E-state index contributed by atoms with van der Waals surface area (Å²) in [5, 5.41) is 14.2. The van der Waals surface area contributed by atoms with Gasteiger partial charge in [0, 0.05) is 62.0 Å². The number of thiophene rings is 1. The van der Waals surface area contributed by atoms with Crippen LogP contribution in [-0.2, 0) is 11.2 Å². The van der Waals surface area contributed by atoms with Crippen LogP contribution in [0.5, 0.6) is 11.5 Å². The van der Waals surface area contributed by atoms with Gasteiger partial charge >= 0.3 is 12.1 Å². The lowest BCUT2D eigenvalue weighted by Gasteiger charge is -2.12. The van der Waals surface area contributed by atoms with Gasteiger partial charge in [-0.3, -0.25) is 19.3 Å². The zero-order valence-corrected chi connectivity index (χ0v) is 24.2. The van der Waals surface area contributed by atoms with E-state index in [9.17, 15) is 23.6 Å². The summed E-state index contributed by atoms with van der Waals surface area (Å²) in [4.78, 5) is 54.2. The van der Waals surface area contributed by atoms with Crippen molar-refractivity contribution in [2.75, 3.05) is 25.0 Å². The molecule has 0 aliphatic carbocycles. The van der Waals surface area contributed by atoms with Crippen molar-refractivity contribution in [3.63, 3.8) is 0 Å². The molecule has 0 radical (unpaired) electrons. The van der Waals surface area contributed by atoms with Gasteiger partial charge in [0.1, 0.15) is 5.75 Å². The largest absolute Gasteiger partial charge is 0.465 e. The smallest absolute Gasteiger partial charge is 0.407 e. The number of carboxylic acid groups (broad SMARTS) is 1. The monoisotopic (exact) mass is 623 g/mol. The number of hydrogen-bond donors (Lipinski definition) is 4. The Morgan fingerprint density at radius 2 is 1.91 bits per heavy atom. The summed E-state index contributed by atoms with van der Waals surface area (Å²) in [6.07, 6.45) is 1.35. The quantitative estimate of drug-likeness (QED) is 0.188. The molecule has 1 aliphatic heterocycles. The molecule has 0 spiro atoms. The molecule has 1 saturated heterocycles. The number of ether oxygens (including phenoxy) is 1. The number of urea groups is 1. The minimum Gasteiger partial charge on any atom is -0.465 e. The normalized spacial score (nSPS) is 14.3. The fourth-order valence-electron chi connectivity index (χ4n) is 4.44. The van der Waals surface area contributed by atoms with Crippen LogP contribution in [0.25, 0.3) is 10.2 Å². The number of carbonyl (C=O) groups is 4. The molecule has 222 valence electrons. The minimum atomic E-state index is -0.966. The van der Waals surface area contributed by atoms with Crippen LogP contribution >= 0.6 is 23.3 Å². The SMILES string of the molecule is O=C(NSC(=O)Cc1ccccc1)Nc1ccc(Oc2ccnc3cc(C(=O)NCC4CCN(C(=O)O)C4)sc23)c(F)c1. The Morgan fingerprint density at radius 3 is 2.65 bits per heavy atom. The first-order chi connectivity index (χ1) is 20.7. The van der Waals surface area contributed by atoms with Gasteiger partial charge in [-0.1, -0.05) is 30.3 Å². The Morgan fingerprint density at radius 1 is 1.09 bits per heavy atom. The van der Waals surface area contributed by atoms with Crippen molar-refractivity contribution in [3.8, 4) is 11.5 Å². The van der Waals surface area contributed by atoms with Crippen molar-refractivity contribution in [2.45, 2.75) is 12.8 Å². The molecule has 2 aromatic carbocycles. The van der Waals surface area contributed by atoms with E-state index >= 15 is 0 Å². The maximum atomic E-state index is 14.9. The van der Waals surface area contributed by atoms with Gasteiger partial charge in [0.2, 0.25) is 5.12 Å². The number of halogens is 1. The third-order valence-corrected chi connectivity index (χ3v) is 8.36. The molecule has 4 N–H and O–H groups in total. The van der Waals surface area contributed by atoms with Crippen LogP contribution in [0.1, 0.15) is 21.7 Å². The number of benzene rings is 2. The van der Waals surface area contributed by atoms with E-state index in [-0.39, 0.29) is 34.8 Å². The number of nitrogens with one attached hydrogen (secondary N) is 3. The molecule has 1 aliphatic rings. The molecular formula is C29H26FN5O6S2. The minimum absolute atomic E-state index is 0.0406. The number of hydrogen-bond acceptors (Lipinski definition) is 8. The first-order valence-corrected chi connectivity index (χ1v) is 14.8. The van der Waals surface area contributed by atoms with Gasteiger partial charge in [-0.05, 0) is 36.1 Å². The fraction of sp³-hybridized carbons (Fsp3) is 0.207. The van der Waals surface area contributed by atoms with Crippen LogP contribution in [-0.4, -0.2) is 57.8 Å². The van der Waals surface area contributed by atoms with Gasteiger partial charge < -0.3 is 25.4 Å². The molecule has 11 nitrogen and oxygen atoms in total. The molecule has 43 heavy (non-hydrogen) atoms. The van der Waals surface area contributed by atoms with E-state index in [0.29, 0.717) is 58.8 Å². The Balaban J connectivity index is 1.16. The van der Waals surface area contributed by atoms with E-state index in [1.807, 2.05) is 30.3 Å². The molecular weight excluding hydrogens is 597 g/mol. The van der Waals surface area contributed by atoms with Crippen LogP contribution in [0, 0.1) is 11.7 Å². The van der Waals surface area contributed by atoms with Crippen molar-refractivity contribution in [1.29, 1.82) is 0 Å². The van der Waals surface area contributed by atoms with E-state index in [0.717, 1.165) is 23.0 Å². The van der Waals surface area contributed by atoms with E-state index in [2.05, 4.69) is 20.3 Å². The van der Waals surface area contributed by atoms with Crippen molar-refractivity contribution in [1.82, 2.24) is 19.9 Å². The lowest BCUT2D eigenvalue weighted by atomic mass is 10.1. The molecule has 2 aromatic heterocycles. The average molecular weight is 624 g/mol. The van der Waals surface area contributed by atoms with E-state index < -0.39 is 17.9 Å². The van der Waals surface area contributed by atoms with E-state index in [1.165, 1.54) is 23.2 Å². The highest BCUT2D eigenvalue weighted by molar-refractivity contribution is 8.12. The van der Waals surface area contributed by atoms with E-state index in [4.69, 9.17) is 9.84 Å². The molecule has 1 unspecified atom stereocenters. The Kier molecular flexibility index (Phi) is 9.37. The number of pyridine rings is 1. The van der Waals surface area contributed by atoms with Crippen LogP contribution in [0.15, 0.2) is 66.9 Å². The molecule has 0 saturated carbocycles. The number of carbonyl (C=O) groups excluding carboxylic acids is 3. The summed E-state index contributed by atoms with van der Waals surface area (Å²) < 4.78 is 23.7.